The van der Waals surface area contributed by atoms with Gasteiger partial charge < -0.3 is 9.47 Å². The van der Waals surface area contributed by atoms with Crippen molar-refractivity contribution in [3.8, 4) is 0 Å². The molecule has 1 unspecified atom stereocenters. The van der Waals surface area contributed by atoms with Gasteiger partial charge >= 0.3 is 11.9 Å². The lowest BCUT2D eigenvalue weighted by molar-refractivity contribution is -0.243. The molecule has 0 amide bonds. The van der Waals surface area contributed by atoms with Crippen LogP contribution in [0.4, 0.5) is 0 Å². The second kappa shape index (κ2) is 4.85. The first-order chi connectivity index (χ1) is 7.37. The molecule has 1 fully saturated rings. The number of ether oxygens (including phenoxy) is 2. The number of hydrogen-bond donors (Lipinski definition) is 0. The minimum atomic E-state index is -1.02. The normalized spacial score (nSPS) is 23.2. The van der Waals surface area contributed by atoms with Crippen molar-refractivity contribution < 1.29 is 19.1 Å². The predicted octanol–water partition coefficient (Wildman–Crippen LogP) is 2.27. The van der Waals surface area contributed by atoms with E-state index in [4.69, 9.17) is 9.47 Å². The van der Waals surface area contributed by atoms with Gasteiger partial charge in [-0.15, -0.1) is 0 Å². The van der Waals surface area contributed by atoms with E-state index in [1.165, 1.54) is 13.8 Å². The molecule has 0 aromatic rings. The highest BCUT2D eigenvalue weighted by Crippen LogP contribution is 2.44. The molecule has 1 aliphatic carbocycles. The van der Waals surface area contributed by atoms with Gasteiger partial charge in [0, 0.05) is 26.2 Å². The van der Waals surface area contributed by atoms with Crippen LogP contribution in [0.2, 0.25) is 0 Å². The summed E-state index contributed by atoms with van der Waals surface area (Å²) >= 11 is 0. The summed E-state index contributed by atoms with van der Waals surface area (Å²) in [6.07, 6.45) is 2.45. The number of rotatable bonds is 3. The fourth-order valence-electron chi connectivity index (χ4n) is 2.58. The maximum Gasteiger partial charge on any atom is 0.305 e. The first kappa shape index (κ1) is 13.0. The highest BCUT2D eigenvalue weighted by atomic mass is 16.7. The van der Waals surface area contributed by atoms with Gasteiger partial charge in [0.05, 0.1) is 0 Å². The molecule has 0 bridgehead atoms. The summed E-state index contributed by atoms with van der Waals surface area (Å²) in [6.45, 7) is 6.80. The third kappa shape index (κ3) is 2.74. The lowest BCUT2D eigenvalue weighted by Gasteiger charge is -2.35. The van der Waals surface area contributed by atoms with E-state index in [1.54, 1.807) is 0 Å². The van der Waals surface area contributed by atoms with E-state index in [1.807, 2.05) is 0 Å². The Morgan fingerprint density at radius 2 is 1.69 bits per heavy atom. The van der Waals surface area contributed by atoms with Gasteiger partial charge in [0.25, 0.3) is 5.79 Å². The fraction of sp³-hybridized carbons (Fsp3) is 0.833. The van der Waals surface area contributed by atoms with Crippen LogP contribution in [0.1, 0.15) is 47.0 Å². The average molecular weight is 228 g/mol. The molecule has 0 aromatic carbocycles. The van der Waals surface area contributed by atoms with Crippen LogP contribution in [-0.2, 0) is 19.1 Å². The molecule has 0 aromatic heterocycles. The minimum absolute atomic E-state index is 0.0975. The second-order valence-corrected chi connectivity index (χ2v) is 4.74. The Labute approximate surface area is 96.3 Å². The van der Waals surface area contributed by atoms with Gasteiger partial charge in [-0.05, 0) is 18.8 Å². The summed E-state index contributed by atoms with van der Waals surface area (Å²) in [6, 6.07) is 0. The Kier molecular flexibility index (Phi) is 3.94. The standard InChI is InChI=1S/C12H20O4/c1-8(2)11-6-5-7-12(11,15-9(3)13)16-10(4)14/h8,11H,5-7H2,1-4H3. The first-order valence-electron chi connectivity index (χ1n) is 5.76. The smallest absolute Gasteiger partial charge is 0.305 e. The zero-order valence-electron chi connectivity index (χ0n) is 10.4. The molecule has 1 atom stereocenters. The van der Waals surface area contributed by atoms with Crippen LogP contribution in [0.5, 0.6) is 0 Å². The molecule has 1 saturated carbocycles. The average Bonchev–Trinajstić information content (AvgIpc) is 2.45. The highest BCUT2D eigenvalue weighted by molar-refractivity contribution is 5.69. The SMILES string of the molecule is CC(=O)OC1(OC(C)=O)CCCC1C(C)C. The van der Waals surface area contributed by atoms with Crippen LogP contribution in [0.25, 0.3) is 0 Å². The molecule has 16 heavy (non-hydrogen) atoms. The Morgan fingerprint density at radius 1 is 1.19 bits per heavy atom. The van der Waals surface area contributed by atoms with E-state index in [2.05, 4.69) is 13.8 Å². The fourth-order valence-corrected chi connectivity index (χ4v) is 2.58. The van der Waals surface area contributed by atoms with Gasteiger partial charge in [0.2, 0.25) is 0 Å². The van der Waals surface area contributed by atoms with Gasteiger partial charge in [0.1, 0.15) is 0 Å². The molecule has 4 nitrogen and oxygen atoms in total. The zero-order valence-corrected chi connectivity index (χ0v) is 10.4. The molecular formula is C12H20O4. The maximum atomic E-state index is 11.1. The maximum absolute atomic E-state index is 11.1. The van der Waals surface area contributed by atoms with Crippen molar-refractivity contribution in [2.24, 2.45) is 11.8 Å². The Hall–Kier alpha value is -1.06. The summed E-state index contributed by atoms with van der Waals surface area (Å²) in [5.41, 5.74) is 0. The van der Waals surface area contributed by atoms with Gasteiger partial charge in [-0.25, -0.2) is 0 Å². The molecule has 1 rings (SSSR count). The lowest BCUT2D eigenvalue weighted by atomic mass is 9.89. The van der Waals surface area contributed by atoms with Crippen molar-refractivity contribution in [3.05, 3.63) is 0 Å². The monoisotopic (exact) mass is 228 g/mol. The van der Waals surface area contributed by atoms with E-state index in [0.29, 0.717) is 12.3 Å². The number of esters is 2. The number of hydrogen-bond acceptors (Lipinski definition) is 4. The van der Waals surface area contributed by atoms with Crippen molar-refractivity contribution in [2.45, 2.75) is 52.7 Å². The molecule has 4 heteroatoms. The predicted molar refractivity (Wildman–Crippen MR) is 58.4 cm³/mol. The van der Waals surface area contributed by atoms with Gasteiger partial charge in [0.15, 0.2) is 0 Å². The number of carbonyl (C=O) groups excluding carboxylic acids is 2. The van der Waals surface area contributed by atoms with Gasteiger partial charge in [-0.2, -0.15) is 0 Å². The van der Waals surface area contributed by atoms with E-state index in [0.717, 1.165) is 12.8 Å². The Bertz CT molecular complexity index is 267. The van der Waals surface area contributed by atoms with Crippen molar-refractivity contribution >= 4 is 11.9 Å². The Balaban J connectivity index is 2.92. The molecule has 0 aliphatic heterocycles. The molecule has 0 spiro atoms. The quantitative estimate of drug-likeness (QED) is 0.549. The topological polar surface area (TPSA) is 52.6 Å². The summed E-state index contributed by atoms with van der Waals surface area (Å²) < 4.78 is 10.6. The summed E-state index contributed by atoms with van der Waals surface area (Å²) in [5.74, 6) is -1.39. The van der Waals surface area contributed by atoms with Crippen LogP contribution in [0.3, 0.4) is 0 Å². The van der Waals surface area contributed by atoms with Crippen LogP contribution >= 0.6 is 0 Å². The van der Waals surface area contributed by atoms with Crippen molar-refractivity contribution in [1.29, 1.82) is 0 Å². The molecular weight excluding hydrogens is 208 g/mol. The van der Waals surface area contributed by atoms with Gasteiger partial charge in [-0.1, -0.05) is 13.8 Å². The van der Waals surface area contributed by atoms with E-state index in [9.17, 15) is 9.59 Å². The molecule has 0 radical (unpaired) electrons. The molecule has 0 heterocycles. The van der Waals surface area contributed by atoms with Crippen LogP contribution < -0.4 is 0 Å². The van der Waals surface area contributed by atoms with E-state index < -0.39 is 17.7 Å². The highest BCUT2D eigenvalue weighted by Gasteiger charge is 2.50. The second-order valence-electron chi connectivity index (χ2n) is 4.74. The molecule has 0 N–H and O–H groups in total. The molecule has 92 valence electrons. The minimum Gasteiger partial charge on any atom is -0.422 e. The van der Waals surface area contributed by atoms with Crippen LogP contribution in [0, 0.1) is 11.8 Å². The first-order valence-corrected chi connectivity index (χ1v) is 5.76. The summed E-state index contributed by atoms with van der Waals surface area (Å²) in [5, 5.41) is 0. The third-order valence-corrected chi connectivity index (χ3v) is 3.04. The largest absolute Gasteiger partial charge is 0.422 e. The van der Waals surface area contributed by atoms with E-state index in [-0.39, 0.29) is 5.92 Å². The third-order valence-electron chi connectivity index (χ3n) is 3.04. The van der Waals surface area contributed by atoms with Gasteiger partial charge in [-0.3, -0.25) is 9.59 Å². The zero-order chi connectivity index (χ0) is 12.3. The number of carbonyl (C=O) groups is 2. The molecule has 1 aliphatic rings. The van der Waals surface area contributed by atoms with Crippen molar-refractivity contribution in [2.75, 3.05) is 0 Å². The Morgan fingerprint density at radius 3 is 2.06 bits per heavy atom. The lowest BCUT2D eigenvalue weighted by Crippen LogP contribution is -2.44. The molecule has 0 saturated heterocycles. The van der Waals surface area contributed by atoms with Crippen LogP contribution in [-0.4, -0.2) is 17.7 Å². The van der Waals surface area contributed by atoms with Crippen LogP contribution in [0.15, 0.2) is 0 Å². The van der Waals surface area contributed by atoms with Crippen molar-refractivity contribution in [1.82, 2.24) is 0 Å². The van der Waals surface area contributed by atoms with Crippen molar-refractivity contribution in [3.63, 3.8) is 0 Å². The summed E-state index contributed by atoms with van der Waals surface area (Å²) in [7, 11) is 0. The summed E-state index contributed by atoms with van der Waals surface area (Å²) in [4.78, 5) is 22.3. The van der Waals surface area contributed by atoms with E-state index >= 15 is 0 Å².